The van der Waals surface area contributed by atoms with Crippen molar-refractivity contribution >= 4 is 38.3 Å². The lowest BCUT2D eigenvalue weighted by molar-refractivity contribution is 0.647. The molecule has 0 amide bonds. The molecule has 0 spiro atoms. The summed E-state index contributed by atoms with van der Waals surface area (Å²) in [5, 5.41) is 2.19. The molecule has 1 aromatic rings. The maximum absolute atomic E-state index is 11.5. The van der Waals surface area contributed by atoms with Crippen molar-refractivity contribution in [2.45, 2.75) is 32.1 Å². The van der Waals surface area contributed by atoms with Gasteiger partial charge in [0.2, 0.25) is 0 Å². The first-order valence-corrected chi connectivity index (χ1v) is 7.30. The van der Waals surface area contributed by atoms with E-state index in [2.05, 4.69) is 26.7 Å². The van der Waals surface area contributed by atoms with Gasteiger partial charge < -0.3 is 0 Å². The van der Waals surface area contributed by atoms with Gasteiger partial charge in [0.05, 0.1) is 17.0 Å². The van der Waals surface area contributed by atoms with Gasteiger partial charge >= 0.3 is 0 Å². The molecule has 1 rings (SSSR count). The fraction of sp³-hybridized carbons (Fsp3) is 0.556. The lowest BCUT2D eigenvalue weighted by atomic mass is 10.3. The molecule has 14 heavy (non-hydrogen) atoms. The van der Waals surface area contributed by atoms with E-state index in [0.29, 0.717) is 0 Å². The number of halogens is 1. The minimum atomic E-state index is -0.952. The summed E-state index contributed by atoms with van der Waals surface area (Å²) in [6, 6.07) is 2.20. The number of hydrogen-bond acceptors (Lipinski definition) is 2. The second kappa shape index (κ2) is 5.39. The molecule has 5 heteroatoms. The molecule has 0 aliphatic heterocycles. The van der Waals surface area contributed by atoms with Crippen molar-refractivity contribution in [3.63, 3.8) is 0 Å². The maximum atomic E-state index is 11.5. The van der Waals surface area contributed by atoms with Gasteiger partial charge in [0.1, 0.15) is 0 Å². The second-order valence-electron chi connectivity index (χ2n) is 3.35. The average Bonchev–Trinajstić information content (AvgIpc) is 2.51. The molecule has 0 aliphatic rings. The third kappa shape index (κ3) is 3.46. The summed E-state index contributed by atoms with van der Waals surface area (Å²) >= 11 is 5.07. The predicted octanol–water partition coefficient (Wildman–Crippen LogP) is 3.23. The zero-order valence-electron chi connectivity index (χ0n) is 8.41. The largest absolute Gasteiger partial charge is 0.243 e. The highest BCUT2D eigenvalue weighted by molar-refractivity contribution is 9.10. The van der Waals surface area contributed by atoms with Gasteiger partial charge in [-0.25, -0.2) is 8.93 Å². The van der Waals surface area contributed by atoms with E-state index in [-0.39, 0.29) is 11.3 Å². The molecule has 0 bridgehead atoms. The Balaban J connectivity index is 2.59. The molecule has 1 unspecified atom stereocenters. The molecule has 0 aliphatic carbocycles. The summed E-state index contributed by atoms with van der Waals surface area (Å²) in [7, 11) is -0.952. The molecular formula is C9H14BrNOS2. The van der Waals surface area contributed by atoms with Crippen LogP contribution in [0.5, 0.6) is 0 Å². The zero-order chi connectivity index (χ0) is 10.7. The van der Waals surface area contributed by atoms with Crippen LogP contribution in [-0.2, 0) is 11.0 Å². The third-order valence-corrected chi connectivity index (χ3v) is 5.05. The number of nitrogens with one attached hydrogen (secondary N) is 1. The molecule has 1 aromatic heterocycles. The smallest absolute Gasteiger partial charge is 0.0947 e. The van der Waals surface area contributed by atoms with Crippen molar-refractivity contribution in [2.75, 3.05) is 0 Å². The van der Waals surface area contributed by atoms with Crippen LogP contribution in [-0.4, -0.2) is 9.46 Å². The first-order chi connectivity index (χ1) is 6.50. The SMILES string of the molecule is CC(C)S(=O)N[C@@H](C)c1cc(Br)cs1. The Morgan fingerprint density at radius 1 is 1.50 bits per heavy atom. The van der Waals surface area contributed by atoms with E-state index >= 15 is 0 Å². The van der Waals surface area contributed by atoms with Gasteiger partial charge in [-0.05, 0) is 42.8 Å². The van der Waals surface area contributed by atoms with Crippen LogP contribution >= 0.6 is 27.3 Å². The fourth-order valence-electron chi connectivity index (χ4n) is 0.924. The van der Waals surface area contributed by atoms with Crippen LogP contribution in [0.1, 0.15) is 31.7 Å². The van der Waals surface area contributed by atoms with Crippen molar-refractivity contribution in [1.29, 1.82) is 0 Å². The van der Waals surface area contributed by atoms with Gasteiger partial charge in [-0.15, -0.1) is 11.3 Å². The van der Waals surface area contributed by atoms with Gasteiger partial charge in [-0.2, -0.15) is 0 Å². The lowest BCUT2D eigenvalue weighted by Crippen LogP contribution is -2.26. The molecule has 2 atom stereocenters. The highest BCUT2D eigenvalue weighted by Gasteiger charge is 2.12. The number of hydrogen-bond donors (Lipinski definition) is 1. The van der Waals surface area contributed by atoms with Crippen LogP contribution in [0.3, 0.4) is 0 Å². The Bertz CT molecular complexity index is 324. The Labute approximate surface area is 99.8 Å². The van der Waals surface area contributed by atoms with E-state index in [0.717, 1.165) is 4.47 Å². The highest BCUT2D eigenvalue weighted by atomic mass is 79.9. The maximum Gasteiger partial charge on any atom is 0.0947 e. The monoisotopic (exact) mass is 295 g/mol. The van der Waals surface area contributed by atoms with Crippen LogP contribution in [0.2, 0.25) is 0 Å². The van der Waals surface area contributed by atoms with Crippen LogP contribution in [0.15, 0.2) is 15.9 Å². The first kappa shape index (κ1) is 12.4. The molecular weight excluding hydrogens is 282 g/mol. The first-order valence-electron chi connectivity index (χ1n) is 4.41. The second-order valence-corrected chi connectivity index (χ2v) is 6.98. The van der Waals surface area contributed by atoms with E-state index in [1.54, 1.807) is 11.3 Å². The Morgan fingerprint density at radius 2 is 2.14 bits per heavy atom. The highest BCUT2D eigenvalue weighted by Crippen LogP contribution is 2.25. The Hall–Kier alpha value is 0.290. The number of rotatable bonds is 4. The molecule has 0 fully saturated rings. The molecule has 0 saturated carbocycles. The van der Waals surface area contributed by atoms with E-state index in [9.17, 15) is 4.21 Å². The average molecular weight is 296 g/mol. The van der Waals surface area contributed by atoms with Gasteiger partial charge in [0, 0.05) is 20.0 Å². The molecule has 2 nitrogen and oxygen atoms in total. The van der Waals surface area contributed by atoms with E-state index in [1.165, 1.54) is 4.88 Å². The fourth-order valence-corrected chi connectivity index (χ4v) is 3.20. The van der Waals surface area contributed by atoms with E-state index in [1.807, 2.05) is 26.2 Å². The molecule has 80 valence electrons. The summed E-state index contributed by atoms with van der Waals surface area (Å²) in [5.41, 5.74) is 0. The Kier molecular flexibility index (Phi) is 4.76. The van der Waals surface area contributed by atoms with E-state index in [4.69, 9.17) is 0 Å². The van der Waals surface area contributed by atoms with Gasteiger partial charge in [-0.1, -0.05) is 0 Å². The van der Waals surface area contributed by atoms with Crippen molar-refractivity contribution < 1.29 is 4.21 Å². The Morgan fingerprint density at radius 3 is 2.57 bits per heavy atom. The minimum Gasteiger partial charge on any atom is -0.243 e. The summed E-state index contributed by atoms with van der Waals surface area (Å²) in [5.74, 6) is 0. The van der Waals surface area contributed by atoms with Crippen molar-refractivity contribution in [3.8, 4) is 0 Å². The number of thiophene rings is 1. The molecule has 1 heterocycles. The molecule has 0 radical (unpaired) electrons. The van der Waals surface area contributed by atoms with Crippen LogP contribution < -0.4 is 4.72 Å². The van der Waals surface area contributed by atoms with Gasteiger partial charge in [0.25, 0.3) is 0 Å². The third-order valence-electron chi connectivity index (χ3n) is 1.74. The van der Waals surface area contributed by atoms with Crippen molar-refractivity contribution in [2.24, 2.45) is 0 Å². The summed E-state index contributed by atoms with van der Waals surface area (Å²) in [4.78, 5) is 1.20. The summed E-state index contributed by atoms with van der Waals surface area (Å²) < 4.78 is 15.7. The zero-order valence-corrected chi connectivity index (χ0v) is 11.6. The molecule has 1 N–H and O–H groups in total. The van der Waals surface area contributed by atoms with Crippen LogP contribution in [0.25, 0.3) is 0 Å². The van der Waals surface area contributed by atoms with Crippen LogP contribution in [0.4, 0.5) is 0 Å². The van der Waals surface area contributed by atoms with Crippen molar-refractivity contribution in [1.82, 2.24) is 4.72 Å². The van der Waals surface area contributed by atoms with Crippen molar-refractivity contribution in [3.05, 3.63) is 20.8 Å². The van der Waals surface area contributed by atoms with E-state index < -0.39 is 11.0 Å². The lowest BCUT2D eigenvalue weighted by Gasteiger charge is -2.13. The molecule has 0 saturated heterocycles. The normalized spacial score (nSPS) is 15.8. The topological polar surface area (TPSA) is 29.1 Å². The summed E-state index contributed by atoms with van der Waals surface area (Å²) in [6.45, 7) is 5.92. The summed E-state index contributed by atoms with van der Waals surface area (Å²) in [6.07, 6.45) is 0. The predicted molar refractivity (Wildman–Crippen MR) is 66.8 cm³/mol. The minimum absolute atomic E-state index is 0.148. The standard InChI is InChI=1S/C9H14BrNOS2/c1-6(2)14(12)11-7(3)9-4-8(10)5-13-9/h4-7,11H,1-3H3/t7-,14?/m0/s1. The molecule has 0 aromatic carbocycles. The van der Waals surface area contributed by atoms with Gasteiger partial charge in [-0.3, -0.25) is 0 Å². The van der Waals surface area contributed by atoms with Crippen LogP contribution in [0, 0.1) is 0 Å². The quantitative estimate of drug-likeness (QED) is 0.908. The van der Waals surface area contributed by atoms with Gasteiger partial charge in [0.15, 0.2) is 0 Å².